The molecule has 2 aromatic rings. The molecular weight excluding hydrogens is 358 g/mol. The zero-order valence-corrected chi connectivity index (χ0v) is 16.3. The van der Waals surface area contributed by atoms with E-state index < -0.39 is 17.7 Å². The van der Waals surface area contributed by atoms with E-state index in [1.165, 1.54) is 16.7 Å². The predicted octanol–water partition coefficient (Wildman–Crippen LogP) is 3.75. The molecule has 5 nitrogen and oxygen atoms in total. The second-order valence-corrected chi connectivity index (χ2v) is 7.74. The highest BCUT2D eigenvalue weighted by molar-refractivity contribution is 7.80. The summed E-state index contributed by atoms with van der Waals surface area (Å²) in [5.41, 5.74) is 2.53. The molecule has 0 aliphatic carbocycles. The van der Waals surface area contributed by atoms with E-state index in [0.29, 0.717) is 11.4 Å². The molecule has 1 atom stereocenters. The van der Waals surface area contributed by atoms with Gasteiger partial charge in [0, 0.05) is 6.21 Å². The number of rotatable bonds is 3. The lowest BCUT2D eigenvalue weighted by atomic mass is 9.87. The van der Waals surface area contributed by atoms with Crippen LogP contribution in [0.4, 0.5) is 11.4 Å². The summed E-state index contributed by atoms with van der Waals surface area (Å²) in [6, 6.07) is 16.7. The molecule has 138 valence electrons. The van der Waals surface area contributed by atoms with E-state index in [1.807, 2.05) is 42.5 Å². The highest BCUT2D eigenvalue weighted by Crippen LogP contribution is 2.25. The summed E-state index contributed by atoms with van der Waals surface area (Å²) in [6.45, 7) is 6.41. The molecule has 1 fully saturated rings. The molecule has 6 heteroatoms. The Hall–Kier alpha value is -2.86. The molecule has 0 saturated carbocycles. The van der Waals surface area contributed by atoms with Gasteiger partial charge in [0.15, 0.2) is 11.0 Å². The second kappa shape index (κ2) is 7.40. The Morgan fingerprint density at radius 1 is 1.04 bits per heavy atom. The van der Waals surface area contributed by atoms with Crippen LogP contribution in [0.3, 0.4) is 0 Å². The molecule has 0 unspecified atom stereocenters. The molecule has 27 heavy (non-hydrogen) atoms. The predicted molar refractivity (Wildman–Crippen MR) is 111 cm³/mol. The number of carbonyl (C=O) groups excluding carboxylic acids is 2. The first-order chi connectivity index (χ1) is 12.8. The number of hydrogen-bond acceptors (Lipinski definition) is 4. The lowest BCUT2D eigenvalue weighted by Gasteiger charge is -2.30. The number of para-hydroxylation sites is 1. The Balaban J connectivity index is 1.83. The monoisotopic (exact) mass is 379 g/mol. The van der Waals surface area contributed by atoms with Crippen molar-refractivity contribution in [2.24, 2.45) is 10.9 Å². The molecular formula is C21H21N3O2S. The molecule has 1 N–H and O–H groups in total. The Bertz CT molecular complexity index is 899. The molecule has 3 rings (SSSR count). The Morgan fingerprint density at radius 2 is 1.67 bits per heavy atom. The van der Waals surface area contributed by atoms with Crippen LogP contribution in [0.2, 0.25) is 0 Å². The average molecular weight is 379 g/mol. The smallest absolute Gasteiger partial charge is 0.251 e. The summed E-state index contributed by atoms with van der Waals surface area (Å²) < 4.78 is 0. The van der Waals surface area contributed by atoms with Crippen molar-refractivity contribution < 1.29 is 9.59 Å². The minimum absolute atomic E-state index is 0.0490. The number of amides is 2. The third-order valence-corrected chi connectivity index (χ3v) is 4.61. The number of hydrogen-bond donors (Lipinski definition) is 1. The van der Waals surface area contributed by atoms with Crippen molar-refractivity contribution in [3.8, 4) is 0 Å². The van der Waals surface area contributed by atoms with Crippen molar-refractivity contribution in [3.05, 3.63) is 60.2 Å². The van der Waals surface area contributed by atoms with E-state index >= 15 is 0 Å². The van der Waals surface area contributed by atoms with Gasteiger partial charge in [-0.1, -0.05) is 51.1 Å². The lowest BCUT2D eigenvalue weighted by molar-refractivity contribution is -0.130. The molecule has 0 bridgehead atoms. The van der Waals surface area contributed by atoms with Crippen LogP contribution in [-0.2, 0) is 15.0 Å². The van der Waals surface area contributed by atoms with E-state index in [9.17, 15) is 9.59 Å². The van der Waals surface area contributed by atoms with Gasteiger partial charge >= 0.3 is 0 Å². The van der Waals surface area contributed by atoms with Gasteiger partial charge in [-0.15, -0.1) is 0 Å². The summed E-state index contributed by atoms with van der Waals surface area (Å²) in [5.74, 6) is -1.91. The Kier molecular flexibility index (Phi) is 5.19. The van der Waals surface area contributed by atoms with Gasteiger partial charge in [0.05, 0.1) is 11.4 Å². The van der Waals surface area contributed by atoms with E-state index in [2.05, 4.69) is 31.1 Å². The maximum absolute atomic E-state index is 12.8. The van der Waals surface area contributed by atoms with E-state index in [4.69, 9.17) is 12.2 Å². The number of nitrogens with zero attached hydrogens (tertiary/aromatic N) is 2. The van der Waals surface area contributed by atoms with Crippen LogP contribution < -0.4 is 10.2 Å². The Morgan fingerprint density at radius 3 is 2.26 bits per heavy atom. The fourth-order valence-electron chi connectivity index (χ4n) is 2.75. The summed E-state index contributed by atoms with van der Waals surface area (Å²) in [5, 5.41) is 2.66. The van der Waals surface area contributed by atoms with Crippen molar-refractivity contribution in [1.82, 2.24) is 5.32 Å². The van der Waals surface area contributed by atoms with Gasteiger partial charge in [0.25, 0.3) is 5.91 Å². The molecule has 0 spiro atoms. The number of anilines is 1. The van der Waals surface area contributed by atoms with Crippen LogP contribution >= 0.6 is 12.2 Å². The number of carbonyl (C=O) groups is 2. The summed E-state index contributed by atoms with van der Waals surface area (Å²) in [4.78, 5) is 30.8. The molecule has 2 amide bonds. The van der Waals surface area contributed by atoms with Crippen LogP contribution in [0.1, 0.15) is 26.3 Å². The topological polar surface area (TPSA) is 61.8 Å². The van der Waals surface area contributed by atoms with E-state index in [0.717, 1.165) is 0 Å². The van der Waals surface area contributed by atoms with Crippen LogP contribution in [0, 0.1) is 5.92 Å². The largest absolute Gasteiger partial charge is 0.301 e. The van der Waals surface area contributed by atoms with Gasteiger partial charge in [-0.3, -0.25) is 19.5 Å². The highest BCUT2D eigenvalue weighted by atomic mass is 32.1. The third-order valence-electron chi connectivity index (χ3n) is 4.32. The Labute approximate surface area is 164 Å². The van der Waals surface area contributed by atoms with Crippen molar-refractivity contribution in [1.29, 1.82) is 0 Å². The van der Waals surface area contributed by atoms with Gasteiger partial charge in [-0.25, -0.2) is 0 Å². The van der Waals surface area contributed by atoms with Gasteiger partial charge in [-0.2, -0.15) is 0 Å². The normalized spacial score (nSPS) is 18.1. The lowest BCUT2D eigenvalue weighted by Crippen LogP contribution is -2.58. The maximum atomic E-state index is 12.8. The molecule has 1 aliphatic heterocycles. The minimum atomic E-state index is -1.03. The molecule has 1 heterocycles. The summed E-state index contributed by atoms with van der Waals surface area (Å²) in [6.07, 6.45) is 1.38. The first kappa shape index (κ1) is 18.9. The zero-order chi connectivity index (χ0) is 19.6. The number of nitrogens with one attached hydrogen (secondary N) is 1. The van der Waals surface area contributed by atoms with Gasteiger partial charge in [0.2, 0.25) is 5.91 Å². The van der Waals surface area contributed by atoms with Gasteiger partial charge in [-0.05, 0) is 47.5 Å². The van der Waals surface area contributed by atoms with Crippen molar-refractivity contribution in [2.75, 3.05) is 4.90 Å². The van der Waals surface area contributed by atoms with Gasteiger partial charge < -0.3 is 5.32 Å². The summed E-state index contributed by atoms with van der Waals surface area (Å²) in [7, 11) is 0. The highest BCUT2D eigenvalue weighted by Gasteiger charge is 2.38. The fraction of sp³-hybridized carbons (Fsp3) is 0.238. The van der Waals surface area contributed by atoms with Crippen molar-refractivity contribution >= 4 is 46.7 Å². The number of thiocarbonyl (C=S) groups is 1. The molecule has 0 aromatic heterocycles. The quantitative estimate of drug-likeness (QED) is 0.502. The van der Waals surface area contributed by atoms with Crippen molar-refractivity contribution in [2.45, 2.75) is 26.2 Å². The molecule has 0 radical (unpaired) electrons. The number of benzene rings is 2. The zero-order valence-electron chi connectivity index (χ0n) is 15.5. The first-order valence-corrected chi connectivity index (χ1v) is 9.07. The van der Waals surface area contributed by atoms with E-state index in [-0.39, 0.29) is 10.5 Å². The molecule has 1 aliphatic rings. The second-order valence-electron chi connectivity index (χ2n) is 7.36. The third kappa shape index (κ3) is 4.11. The SMILES string of the molecule is CC(C)(C)c1ccc(N=C[C@H]2C(=O)NC(=S)N(c3ccccc3)C2=O)cc1. The standard InChI is InChI=1S/C21H21N3O2S/c1-21(2,3)14-9-11-15(12-10-14)22-13-17-18(25)23-20(27)24(19(17)26)16-7-5-4-6-8-16/h4-13,17H,1-3H3,(H,23,25,27)/t17-/m0/s1. The molecule has 1 saturated heterocycles. The van der Waals surface area contributed by atoms with Crippen LogP contribution in [0.15, 0.2) is 59.6 Å². The molecule has 2 aromatic carbocycles. The van der Waals surface area contributed by atoms with Gasteiger partial charge in [0.1, 0.15) is 0 Å². The number of aliphatic imine (C=N–C) groups is 1. The maximum Gasteiger partial charge on any atom is 0.251 e. The van der Waals surface area contributed by atoms with E-state index in [1.54, 1.807) is 12.1 Å². The minimum Gasteiger partial charge on any atom is -0.301 e. The van der Waals surface area contributed by atoms with Crippen molar-refractivity contribution in [3.63, 3.8) is 0 Å². The van der Waals surface area contributed by atoms with Crippen LogP contribution in [0.25, 0.3) is 0 Å². The first-order valence-electron chi connectivity index (χ1n) is 8.66. The fourth-order valence-corrected chi connectivity index (χ4v) is 3.05. The van der Waals surface area contributed by atoms with Crippen LogP contribution in [0.5, 0.6) is 0 Å². The average Bonchev–Trinajstić information content (AvgIpc) is 2.62. The van der Waals surface area contributed by atoms with Crippen LogP contribution in [-0.4, -0.2) is 23.1 Å². The summed E-state index contributed by atoms with van der Waals surface area (Å²) >= 11 is 5.17.